The van der Waals surface area contributed by atoms with E-state index in [4.69, 9.17) is 5.41 Å². The van der Waals surface area contributed by atoms with Crippen LogP contribution in [0.25, 0.3) is 0 Å². The lowest BCUT2D eigenvalue weighted by atomic mass is 9.90. The van der Waals surface area contributed by atoms with Crippen LogP contribution >= 0.6 is 0 Å². The minimum atomic E-state index is 0.500. The Balaban J connectivity index is 2.49. The van der Waals surface area contributed by atoms with Crippen molar-refractivity contribution in [2.24, 2.45) is 11.8 Å². The Morgan fingerprint density at radius 2 is 1.85 bits per heavy atom. The highest BCUT2D eigenvalue weighted by atomic mass is 14.3. The van der Waals surface area contributed by atoms with Crippen molar-refractivity contribution >= 4 is 6.21 Å². The molecule has 1 heteroatoms. The van der Waals surface area contributed by atoms with Crippen molar-refractivity contribution in [3.8, 4) is 0 Å². The third-order valence-corrected chi connectivity index (χ3v) is 2.12. The Bertz CT molecular complexity index is 269. The zero-order valence-electron chi connectivity index (χ0n) is 7.85. The van der Waals surface area contributed by atoms with Crippen LogP contribution in [0, 0.1) is 17.2 Å². The van der Waals surface area contributed by atoms with E-state index in [-0.39, 0.29) is 0 Å². The predicted octanol–water partition coefficient (Wildman–Crippen LogP) is 3.13. The monoisotopic (exact) mass is 173 g/mol. The van der Waals surface area contributed by atoms with Crippen molar-refractivity contribution in [3.63, 3.8) is 0 Å². The van der Waals surface area contributed by atoms with Crippen LogP contribution < -0.4 is 0 Å². The molecule has 0 saturated carbocycles. The second-order valence-electron chi connectivity index (χ2n) is 3.14. The highest BCUT2D eigenvalue weighted by molar-refractivity contribution is 5.68. The molecule has 0 saturated heterocycles. The molecule has 0 amide bonds. The zero-order valence-corrected chi connectivity index (χ0v) is 7.85. The van der Waals surface area contributed by atoms with Crippen LogP contribution in [0.15, 0.2) is 48.6 Å². The van der Waals surface area contributed by atoms with Crippen molar-refractivity contribution in [1.82, 2.24) is 0 Å². The summed E-state index contributed by atoms with van der Waals surface area (Å²) in [5, 5.41) is 6.79. The summed E-state index contributed by atoms with van der Waals surface area (Å²) in [5.41, 5.74) is 0. The van der Waals surface area contributed by atoms with Gasteiger partial charge in [-0.1, -0.05) is 49.5 Å². The van der Waals surface area contributed by atoms with Crippen molar-refractivity contribution in [2.45, 2.75) is 6.92 Å². The van der Waals surface area contributed by atoms with Crippen LogP contribution in [-0.4, -0.2) is 6.21 Å². The molecule has 2 atom stereocenters. The first-order chi connectivity index (χ1) is 6.34. The summed E-state index contributed by atoms with van der Waals surface area (Å²) in [6.07, 6.45) is 17.6. The molecule has 0 spiro atoms. The van der Waals surface area contributed by atoms with Gasteiger partial charge < -0.3 is 5.41 Å². The lowest BCUT2D eigenvalue weighted by molar-refractivity contribution is 0.605. The van der Waals surface area contributed by atoms with Gasteiger partial charge in [0.25, 0.3) is 0 Å². The summed E-state index contributed by atoms with van der Waals surface area (Å²) in [4.78, 5) is 0. The molecule has 68 valence electrons. The van der Waals surface area contributed by atoms with Crippen LogP contribution in [0.1, 0.15) is 6.92 Å². The van der Waals surface area contributed by atoms with Gasteiger partial charge in [0.2, 0.25) is 0 Å². The summed E-state index contributed by atoms with van der Waals surface area (Å²) < 4.78 is 0. The third kappa shape index (κ3) is 3.24. The summed E-state index contributed by atoms with van der Waals surface area (Å²) >= 11 is 0. The number of hydrogen-bond donors (Lipinski definition) is 1. The maximum atomic E-state index is 6.79. The Kier molecular flexibility index (Phi) is 3.97. The SMILES string of the molecule is CC1C=CC=CC1/C=C/C=C\C=N. The van der Waals surface area contributed by atoms with E-state index >= 15 is 0 Å². The number of allylic oxidation sites excluding steroid dienone is 8. The highest BCUT2D eigenvalue weighted by Gasteiger charge is 2.08. The number of rotatable bonds is 3. The van der Waals surface area contributed by atoms with Gasteiger partial charge in [0.15, 0.2) is 0 Å². The van der Waals surface area contributed by atoms with Crippen LogP contribution in [0.3, 0.4) is 0 Å². The topological polar surface area (TPSA) is 23.9 Å². The number of hydrogen-bond acceptors (Lipinski definition) is 1. The molecule has 0 bridgehead atoms. The van der Waals surface area contributed by atoms with Crippen molar-refractivity contribution < 1.29 is 0 Å². The summed E-state index contributed by atoms with van der Waals surface area (Å²) in [5.74, 6) is 1.08. The first-order valence-electron chi connectivity index (χ1n) is 4.53. The van der Waals surface area contributed by atoms with Gasteiger partial charge >= 0.3 is 0 Å². The van der Waals surface area contributed by atoms with Crippen molar-refractivity contribution in [1.29, 1.82) is 5.41 Å². The van der Waals surface area contributed by atoms with Crippen molar-refractivity contribution in [3.05, 3.63) is 48.6 Å². The Morgan fingerprint density at radius 1 is 1.08 bits per heavy atom. The molecular weight excluding hydrogens is 158 g/mol. The molecule has 0 aromatic carbocycles. The van der Waals surface area contributed by atoms with Gasteiger partial charge in [0.05, 0.1) is 0 Å². The van der Waals surface area contributed by atoms with Crippen LogP contribution in [0.2, 0.25) is 0 Å². The molecule has 2 unspecified atom stereocenters. The van der Waals surface area contributed by atoms with E-state index in [1.54, 1.807) is 6.08 Å². The molecule has 0 fully saturated rings. The molecule has 0 aromatic heterocycles. The van der Waals surface area contributed by atoms with Gasteiger partial charge in [-0.2, -0.15) is 0 Å². The second-order valence-corrected chi connectivity index (χ2v) is 3.14. The predicted molar refractivity (Wildman–Crippen MR) is 58.0 cm³/mol. The van der Waals surface area contributed by atoms with E-state index in [2.05, 4.69) is 37.3 Å². The van der Waals surface area contributed by atoms with Gasteiger partial charge in [0.1, 0.15) is 0 Å². The van der Waals surface area contributed by atoms with Gasteiger partial charge in [-0.25, -0.2) is 0 Å². The fourth-order valence-electron chi connectivity index (χ4n) is 1.29. The second kappa shape index (κ2) is 5.31. The largest absolute Gasteiger partial charge is 0.309 e. The molecule has 0 radical (unpaired) electrons. The molecule has 1 aliphatic carbocycles. The normalized spacial score (nSPS) is 27.5. The molecule has 1 N–H and O–H groups in total. The van der Waals surface area contributed by atoms with E-state index in [0.29, 0.717) is 11.8 Å². The lowest BCUT2D eigenvalue weighted by Gasteiger charge is -2.15. The quantitative estimate of drug-likeness (QED) is 0.501. The van der Waals surface area contributed by atoms with Crippen molar-refractivity contribution in [2.75, 3.05) is 0 Å². The molecule has 1 nitrogen and oxygen atoms in total. The van der Waals surface area contributed by atoms with E-state index in [0.717, 1.165) is 0 Å². The third-order valence-electron chi connectivity index (χ3n) is 2.12. The van der Waals surface area contributed by atoms with Crippen LogP contribution in [-0.2, 0) is 0 Å². The lowest BCUT2D eigenvalue weighted by Crippen LogP contribution is -2.05. The molecule has 0 aromatic rings. The Morgan fingerprint density at radius 3 is 2.54 bits per heavy atom. The maximum Gasteiger partial charge on any atom is 0.0177 e. The molecular formula is C12H15N. The molecule has 1 rings (SSSR count). The van der Waals surface area contributed by atoms with E-state index < -0.39 is 0 Å². The standard InChI is InChI=1S/C12H15N/c1-11-7-4-5-9-12(11)8-3-2-6-10-13/h2-13H,1H3/b6-2-,8-3+,13-10?. The highest BCUT2D eigenvalue weighted by Crippen LogP contribution is 2.19. The first-order valence-corrected chi connectivity index (χ1v) is 4.53. The van der Waals surface area contributed by atoms with Crippen LogP contribution in [0.5, 0.6) is 0 Å². The molecule has 0 heterocycles. The van der Waals surface area contributed by atoms with E-state index in [9.17, 15) is 0 Å². The van der Waals surface area contributed by atoms with Gasteiger partial charge in [-0.05, 0) is 12.0 Å². The van der Waals surface area contributed by atoms with E-state index in [1.807, 2.05) is 12.2 Å². The van der Waals surface area contributed by atoms with Gasteiger partial charge in [-0.15, -0.1) is 0 Å². The number of nitrogens with one attached hydrogen (secondary N) is 1. The van der Waals surface area contributed by atoms with Gasteiger partial charge in [0, 0.05) is 12.1 Å². The smallest absolute Gasteiger partial charge is 0.0177 e. The Labute approximate surface area is 79.7 Å². The van der Waals surface area contributed by atoms with E-state index in [1.165, 1.54) is 6.21 Å². The minimum absolute atomic E-state index is 0.500. The van der Waals surface area contributed by atoms with Gasteiger partial charge in [-0.3, -0.25) is 0 Å². The Hall–Kier alpha value is -1.37. The summed E-state index contributed by atoms with van der Waals surface area (Å²) in [6.45, 7) is 2.20. The fourth-order valence-corrected chi connectivity index (χ4v) is 1.29. The maximum absolute atomic E-state index is 6.79. The minimum Gasteiger partial charge on any atom is -0.309 e. The average molecular weight is 173 g/mol. The molecule has 1 aliphatic rings. The first kappa shape index (κ1) is 9.72. The summed E-state index contributed by atoms with van der Waals surface area (Å²) in [6, 6.07) is 0. The average Bonchev–Trinajstić information content (AvgIpc) is 2.15. The summed E-state index contributed by atoms with van der Waals surface area (Å²) in [7, 11) is 0. The van der Waals surface area contributed by atoms with Crippen LogP contribution in [0.4, 0.5) is 0 Å². The molecule has 0 aliphatic heterocycles. The fraction of sp³-hybridized carbons (Fsp3) is 0.250. The molecule has 13 heavy (non-hydrogen) atoms. The zero-order chi connectivity index (χ0) is 9.52.